The third-order valence-electron chi connectivity index (χ3n) is 3.97. The minimum atomic E-state index is 0.676. The Morgan fingerprint density at radius 2 is 1.61 bits per heavy atom. The number of fused-ring (bicyclic) bond motifs is 4. The molecule has 0 radical (unpaired) electrons. The van der Waals surface area contributed by atoms with Gasteiger partial charge in [0.2, 0.25) is 0 Å². The monoisotopic (exact) mass is 313 g/mol. The first-order chi connectivity index (χ1) is 11.4. The van der Waals surface area contributed by atoms with E-state index in [2.05, 4.69) is 40.3 Å². The van der Waals surface area contributed by atoms with Crippen molar-refractivity contribution in [2.24, 2.45) is 0 Å². The first-order valence-corrected chi connectivity index (χ1v) is 8.21. The van der Waals surface area contributed by atoms with E-state index < -0.39 is 0 Å². The number of aromatic nitrogens is 3. The highest BCUT2D eigenvalue weighted by Gasteiger charge is 2.10. The molecule has 3 aromatic heterocycles. The maximum absolute atomic E-state index is 4.73. The summed E-state index contributed by atoms with van der Waals surface area (Å²) in [5.41, 5.74) is 1.77. The maximum atomic E-state index is 4.73. The Balaban J connectivity index is 1.73. The van der Waals surface area contributed by atoms with Crippen LogP contribution in [0.2, 0.25) is 0 Å². The van der Waals surface area contributed by atoms with E-state index in [0.717, 1.165) is 26.8 Å². The Bertz CT molecular complexity index is 1180. The first-order valence-electron chi connectivity index (χ1n) is 7.39. The van der Waals surface area contributed by atoms with Crippen LogP contribution in [0.5, 0.6) is 0 Å². The van der Waals surface area contributed by atoms with Crippen molar-refractivity contribution in [2.75, 3.05) is 0 Å². The van der Waals surface area contributed by atoms with Crippen molar-refractivity contribution in [3.05, 3.63) is 66.9 Å². The van der Waals surface area contributed by atoms with Gasteiger partial charge in [0, 0.05) is 27.1 Å². The molecule has 0 atom stereocenters. The second-order valence-electron chi connectivity index (χ2n) is 5.40. The number of benzene rings is 2. The van der Waals surface area contributed by atoms with Gasteiger partial charge in [-0.15, -0.1) is 11.3 Å². The van der Waals surface area contributed by atoms with E-state index in [4.69, 9.17) is 4.98 Å². The largest absolute Gasteiger partial charge is 0.244 e. The molecule has 0 fully saturated rings. The number of para-hydroxylation sites is 1. The summed E-state index contributed by atoms with van der Waals surface area (Å²) in [5, 5.41) is 3.44. The predicted octanol–water partition coefficient (Wildman–Crippen LogP) is 5.06. The molecule has 0 spiro atoms. The summed E-state index contributed by atoms with van der Waals surface area (Å²) in [4.78, 5) is 15.0. The summed E-state index contributed by atoms with van der Waals surface area (Å²) < 4.78 is 1.24. The lowest BCUT2D eigenvalue weighted by Crippen LogP contribution is -1.91. The Morgan fingerprint density at radius 3 is 2.61 bits per heavy atom. The van der Waals surface area contributed by atoms with Crippen molar-refractivity contribution in [1.82, 2.24) is 15.0 Å². The average Bonchev–Trinajstić information content (AvgIpc) is 2.99. The van der Waals surface area contributed by atoms with Crippen LogP contribution in [0.1, 0.15) is 0 Å². The topological polar surface area (TPSA) is 38.7 Å². The van der Waals surface area contributed by atoms with Crippen molar-refractivity contribution >= 4 is 42.5 Å². The van der Waals surface area contributed by atoms with E-state index in [1.165, 1.54) is 10.1 Å². The van der Waals surface area contributed by atoms with Gasteiger partial charge in [0.25, 0.3) is 0 Å². The quantitative estimate of drug-likeness (QED) is 0.434. The molecule has 5 aromatic rings. The van der Waals surface area contributed by atoms with Gasteiger partial charge in [-0.3, -0.25) is 0 Å². The molecule has 4 heteroatoms. The zero-order valence-electron chi connectivity index (χ0n) is 12.1. The van der Waals surface area contributed by atoms with Crippen molar-refractivity contribution in [3.63, 3.8) is 0 Å². The molecule has 5 rings (SSSR count). The van der Waals surface area contributed by atoms with Gasteiger partial charge in [-0.25, -0.2) is 15.0 Å². The van der Waals surface area contributed by atoms with Gasteiger partial charge in [-0.1, -0.05) is 42.5 Å². The molecule has 0 amide bonds. The second-order valence-corrected chi connectivity index (χ2v) is 6.43. The Hall–Kier alpha value is -2.85. The summed E-state index contributed by atoms with van der Waals surface area (Å²) in [5.74, 6) is 0.676. The fourth-order valence-corrected chi connectivity index (χ4v) is 3.87. The van der Waals surface area contributed by atoms with Gasteiger partial charge in [-0.05, 0) is 18.2 Å². The SMILES string of the molecule is c1ccc2nc(-c3ncc4c(n3)sc3ccccc34)ccc2c1. The molecule has 0 aliphatic carbocycles. The van der Waals surface area contributed by atoms with Gasteiger partial charge in [0.1, 0.15) is 10.5 Å². The van der Waals surface area contributed by atoms with Crippen molar-refractivity contribution < 1.29 is 0 Å². The molecule has 0 aliphatic rings. The summed E-state index contributed by atoms with van der Waals surface area (Å²) >= 11 is 1.70. The van der Waals surface area contributed by atoms with Crippen LogP contribution in [0, 0.1) is 0 Å². The smallest absolute Gasteiger partial charge is 0.179 e. The molecule has 0 saturated carbocycles. The lowest BCUT2D eigenvalue weighted by Gasteiger charge is -2.02. The highest BCUT2D eigenvalue weighted by molar-refractivity contribution is 7.25. The molecule has 0 saturated heterocycles. The van der Waals surface area contributed by atoms with Crippen LogP contribution >= 0.6 is 11.3 Å². The molecule has 0 unspecified atom stereocenters. The Kier molecular flexibility index (Phi) is 2.66. The summed E-state index contributed by atoms with van der Waals surface area (Å²) in [7, 11) is 0. The van der Waals surface area contributed by atoms with Crippen molar-refractivity contribution in [2.45, 2.75) is 0 Å². The maximum Gasteiger partial charge on any atom is 0.179 e. The van der Waals surface area contributed by atoms with Gasteiger partial charge in [0.05, 0.1) is 5.52 Å². The number of nitrogens with zero attached hydrogens (tertiary/aromatic N) is 3. The van der Waals surface area contributed by atoms with Crippen LogP contribution in [0.4, 0.5) is 0 Å². The number of rotatable bonds is 1. The average molecular weight is 313 g/mol. The summed E-state index contributed by atoms with van der Waals surface area (Å²) in [6.07, 6.45) is 1.91. The molecule has 0 bridgehead atoms. The summed E-state index contributed by atoms with van der Waals surface area (Å²) in [6.45, 7) is 0. The van der Waals surface area contributed by atoms with E-state index in [1.807, 2.05) is 36.5 Å². The fraction of sp³-hybridized carbons (Fsp3) is 0. The second kappa shape index (κ2) is 4.83. The predicted molar refractivity (Wildman–Crippen MR) is 95.7 cm³/mol. The minimum Gasteiger partial charge on any atom is -0.244 e. The van der Waals surface area contributed by atoms with Crippen LogP contribution in [-0.4, -0.2) is 15.0 Å². The molecular weight excluding hydrogens is 302 g/mol. The minimum absolute atomic E-state index is 0.676. The van der Waals surface area contributed by atoms with E-state index >= 15 is 0 Å². The summed E-state index contributed by atoms with van der Waals surface area (Å²) in [6, 6.07) is 20.5. The van der Waals surface area contributed by atoms with Crippen LogP contribution < -0.4 is 0 Å². The van der Waals surface area contributed by atoms with E-state index in [1.54, 1.807) is 11.3 Å². The van der Waals surface area contributed by atoms with Crippen molar-refractivity contribution in [1.29, 1.82) is 0 Å². The van der Waals surface area contributed by atoms with Crippen LogP contribution in [0.25, 0.3) is 42.7 Å². The first kappa shape index (κ1) is 12.7. The van der Waals surface area contributed by atoms with E-state index in [0.29, 0.717) is 5.82 Å². The Labute approximate surface area is 136 Å². The molecule has 0 aliphatic heterocycles. The molecule has 23 heavy (non-hydrogen) atoms. The van der Waals surface area contributed by atoms with E-state index in [-0.39, 0.29) is 0 Å². The third-order valence-corrected chi connectivity index (χ3v) is 5.05. The number of pyridine rings is 1. The van der Waals surface area contributed by atoms with Crippen LogP contribution in [-0.2, 0) is 0 Å². The normalized spacial score (nSPS) is 11.5. The Morgan fingerprint density at radius 1 is 0.739 bits per heavy atom. The number of hydrogen-bond acceptors (Lipinski definition) is 4. The van der Waals surface area contributed by atoms with Crippen molar-refractivity contribution in [3.8, 4) is 11.5 Å². The lowest BCUT2D eigenvalue weighted by molar-refractivity contribution is 1.20. The third kappa shape index (κ3) is 1.99. The number of thiophene rings is 1. The molecule has 108 valence electrons. The van der Waals surface area contributed by atoms with Gasteiger partial charge in [-0.2, -0.15) is 0 Å². The fourth-order valence-electron chi connectivity index (χ4n) is 2.83. The van der Waals surface area contributed by atoms with Gasteiger partial charge >= 0.3 is 0 Å². The van der Waals surface area contributed by atoms with Gasteiger partial charge < -0.3 is 0 Å². The van der Waals surface area contributed by atoms with E-state index in [9.17, 15) is 0 Å². The number of hydrogen-bond donors (Lipinski definition) is 0. The zero-order chi connectivity index (χ0) is 15.2. The lowest BCUT2D eigenvalue weighted by atomic mass is 10.2. The molecule has 3 nitrogen and oxygen atoms in total. The molecule has 2 aromatic carbocycles. The molecule has 3 heterocycles. The zero-order valence-corrected chi connectivity index (χ0v) is 12.9. The van der Waals surface area contributed by atoms with Crippen LogP contribution in [0.15, 0.2) is 66.9 Å². The molecular formula is C19H11N3S. The van der Waals surface area contributed by atoms with Gasteiger partial charge in [0.15, 0.2) is 5.82 Å². The standard InChI is InChI=1S/C19H11N3S/c1-3-7-15-12(5-1)9-10-16(21-15)18-20-11-14-13-6-2-4-8-17(13)23-19(14)22-18/h1-11H. The highest BCUT2D eigenvalue weighted by atomic mass is 32.1. The highest BCUT2D eigenvalue weighted by Crippen LogP contribution is 2.32. The van der Waals surface area contributed by atoms with Crippen LogP contribution in [0.3, 0.4) is 0 Å². The molecule has 0 N–H and O–H groups in total.